The van der Waals surface area contributed by atoms with E-state index >= 15 is 0 Å². The van der Waals surface area contributed by atoms with Gasteiger partial charge >= 0.3 is 0 Å². The Morgan fingerprint density at radius 3 is 2.46 bits per heavy atom. The third-order valence-corrected chi connectivity index (χ3v) is 4.99. The first-order chi connectivity index (χ1) is 12.6. The Morgan fingerprint density at radius 1 is 1.15 bits per heavy atom. The molecule has 3 nitrogen and oxygen atoms in total. The molecule has 26 heavy (non-hydrogen) atoms. The largest absolute Gasteiger partial charge is 0.360 e. The van der Waals surface area contributed by atoms with Crippen LogP contribution in [0.2, 0.25) is 0 Å². The normalized spacial score (nSPS) is 11.2. The molecule has 0 unspecified atom stereocenters. The Hall–Kier alpha value is -2.90. The highest BCUT2D eigenvalue weighted by Crippen LogP contribution is 2.26. The van der Waals surface area contributed by atoms with Crippen LogP contribution in [0, 0.1) is 25.2 Å². The summed E-state index contributed by atoms with van der Waals surface area (Å²) in [5.74, 6) is 0. The molecule has 0 radical (unpaired) electrons. The number of aromatic nitrogens is 1. The van der Waals surface area contributed by atoms with Gasteiger partial charge in [-0.2, -0.15) is 5.26 Å². The minimum Gasteiger partial charge on any atom is -0.360 e. The summed E-state index contributed by atoms with van der Waals surface area (Å²) < 4.78 is 0. The van der Waals surface area contributed by atoms with Gasteiger partial charge in [0.25, 0.3) is 0 Å². The summed E-state index contributed by atoms with van der Waals surface area (Å²) in [6.07, 6.45) is 2.75. The topological polar surface area (TPSA) is 48.7 Å². The average molecular weight is 359 g/mol. The molecule has 3 rings (SSSR count). The fraction of sp³-hybridized carbons (Fsp3) is 0.182. The van der Waals surface area contributed by atoms with E-state index in [2.05, 4.69) is 79.6 Å². The Morgan fingerprint density at radius 2 is 1.85 bits per heavy atom. The number of aryl methyl sites for hydroxylation is 3. The smallest absolute Gasteiger partial charge is 0.136 e. The van der Waals surface area contributed by atoms with Crippen molar-refractivity contribution in [3.05, 3.63) is 75.7 Å². The summed E-state index contributed by atoms with van der Waals surface area (Å²) in [5, 5.41) is 15.5. The number of benzene rings is 2. The second-order valence-corrected chi connectivity index (χ2v) is 7.14. The number of nitrogens with one attached hydrogen (secondary N) is 1. The van der Waals surface area contributed by atoms with Crippen molar-refractivity contribution in [1.82, 2.24) is 4.98 Å². The minimum atomic E-state index is 0.533. The molecule has 0 aliphatic rings. The predicted molar refractivity (Wildman–Crippen MR) is 110 cm³/mol. The van der Waals surface area contributed by atoms with E-state index in [0.717, 1.165) is 28.4 Å². The zero-order valence-corrected chi connectivity index (χ0v) is 16.0. The van der Waals surface area contributed by atoms with Crippen molar-refractivity contribution in [2.45, 2.75) is 27.2 Å². The van der Waals surface area contributed by atoms with Crippen molar-refractivity contribution >= 4 is 22.6 Å². The molecule has 130 valence electrons. The van der Waals surface area contributed by atoms with Crippen LogP contribution in [0.3, 0.4) is 0 Å². The van der Waals surface area contributed by atoms with Gasteiger partial charge < -0.3 is 5.32 Å². The number of nitrogens with zero attached hydrogens (tertiary/aromatic N) is 2. The molecule has 3 aromatic rings. The molecule has 0 spiro atoms. The molecule has 0 bridgehead atoms. The Balaban J connectivity index is 1.82. The van der Waals surface area contributed by atoms with E-state index < -0.39 is 0 Å². The van der Waals surface area contributed by atoms with E-state index in [1.807, 2.05) is 5.38 Å². The summed E-state index contributed by atoms with van der Waals surface area (Å²) in [7, 11) is 0. The lowest BCUT2D eigenvalue weighted by Crippen LogP contribution is -1.92. The first-order valence-electron chi connectivity index (χ1n) is 8.59. The van der Waals surface area contributed by atoms with E-state index in [4.69, 9.17) is 0 Å². The third kappa shape index (κ3) is 4.19. The summed E-state index contributed by atoms with van der Waals surface area (Å²) in [6, 6.07) is 16.9. The van der Waals surface area contributed by atoms with Gasteiger partial charge in [-0.05, 0) is 49.1 Å². The first-order valence-corrected chi connectivity index (χ1v) is 9.47. The van der Waals surface area contributed by atoms with Gasteiger partial charge in [-0.1, -0.05) is 37.3 Å². The molecule has 0 fully saturated rings. The molecule has 1 heterocycles. The highest BCUT2D eigenvalue weighted by Gasteiger charge is 2.09. The highest BCUT2D eigenvalue weighted by molar-refractivity contribution is 7.11. The van der Waals surface area contributed by atoms with Gasteiger partial charge in [-0.15, -0.1) is 11.3 Å². The molecule has 0 atom stereocenters. The van der Waals surface area contributed by atoms with Gasteiger partial charge in [0.05, 0.1) is 5.69 Å². The van der Waals surface area contributed by atoms with Crippen LogP contribution < -0.4 is 5.32 Å². The van der Waals surface area contributed by atoms with Crippen LogP contribution in [-0.4, -0.2) is 4.98 Å². The van der Waals surface area contributed by atoms with Gasteiger partial charge in [-0.3, -0.25) is 0 Å². The monoisotopic (exact) mass is 359 g/mol. The van der Waals surface area contributed by atoms with Crippen LogP contribution >= 0.6 is 11.3 Å². The zero-order valence-electron chi connectivity index (χ0n) is 15.2. The maximum absolute atomic E-state index is 9.52. The number of rotatable bonds is 5. The van der Waals surface area contributed by atoms with Crippen LogP contribution in [0.1, 0.15) is 28.6 Å². The molecular weight excluding hydrogens is 338 g/mol. The second kappa shape index (κ2) is 7.99. The zero-order chi connectivity index (χ0) is 18.5. The minimum absolute atomic E-state index is 0.533. The quantitative estimate of drug-likeness (QED) is 0.571. The molecule has 0 aliphatic heterocycles. The van der Waals surface area contributed by atoms with Crippen molar-refractivity contribution in [2.24, 2.45) is 0 Å². The van der Waals surface area contributed by atoms with Crippen LogP contribution in [-0.2, 0) is 6.42 Å². The Bertz CT molecular complexity index is 955. The molecule has 2 aromatic carbocycles. The summed E-state index contributed by atoms with van der Waals surface area (Å²) >= 11 is 1.49. The molecular formula is C22H21N3S. The van der Waals surface area contributed by atoms with Gasteiger partial charge in [0.2, 0.25) is 0 Å². The number of anilines is 1. The lowest BCUT2D eigenvalue weighted by Gasteiger charge is -2.05. The van der Waals surface area contributed by atoms with E-state index in [1.165, 1.54) is 28.0 Å². The molecule has 4 heteroatoms. The molecule has 0 aliphatic carbocycles. The number of hydrogen-bond acceptors (Lipinski definition) is 4. The van der Waals surface area contributed by atoms with Crippen LogP contribution in [0.15, 0.2) is 54.0 Å². The maximum atomic E-state index is 9.52. The SMILES string of the molecule is CCc1ccc(-c2csc(/C(C#N)=C/Nc3cc(C)cc(C)c3)n2)cc1. The van der Waals surface area contributed by atoms with Crippen molar-refractivity contribution < 1.29 is 0 Å². The molecule has 0 saturated heterocycles. The Labute approximate surface area is 158 Å². The van der Waals surface area contributed by atoms with Crippen LogP contribution in [0.5, 0.6) is 0 Å². The maximum Gasteiger partial charge on any atom is 0.136 e. The summed E-state index contributed by atoms with van der Waals surface area (Å²) in [6.45, 7) is 6.26. The Kier molecular flexibility index (Phi) is 5.50. The fourth-order valence-corrected chi connectivity index (χ4v) is 3.59. The van der Waals surface area contributed by atoms with Gasteiger partial charge in [0.15, 0.2) is 0 Å². The van der Waals surface area contributed by atoms with Crippen molar-refractivity contribution in [2.75, 3.05) is 5.32 Å². The average Bonchev–Trinajstić information content (AvgIpc) is 3.11. The van der Waals surface area contributed by atoms with Gasteiger partial charge in [0, 0.05) is 22.8 Å². The van der Waals surface area contributed by atoms with Crippen LogP contribution in [0.4, 0.5) is 5.69 Å². The van der Waals surface area contributed by atoms with Crippen LogP contribution in [0.25, 0.3) is 16.8 Å². The summed E-state index contributed by atoms with van der Waals surface area (Å²) in [5.41, 5.74) is 7.16. The van der Waals surface area contributed by atoms with Crippen molar-refractivity contribution in [3.63, 3.8) is 0 Å². The van der Waals surface area contributed by atoms with Crippen molar-refractivity contribution in [3.8, 4) is 17.3 Å². The highest BCUT2D eigenvalue weighted by atomic mass is 32.1. The molecule has 1 N–H and O–H groups in total. The number of hydrogen-bond donors (Lipinski definition) is 1. The van der Waals surface area contributed by atoms with E-state index in [0.29, 0.717) is 5.57 Å². The number of thiazole rings is 1. The number of nitriles is 1. The van der Waals surface area contributed by atoms with Gasteiger partial charge in [0.1, 0.15) is 16.6 Å². The van der Waals surface area contributed by atoms with E-state index in [9.17, 15) is 5.26 Å². The van der Waals surface area contributed by atoms with E-state index in [-0.39, 0.29) is 0 Å². The first kappa shape index (κ1) is 17.9. The number of allylic oxidation sites excluding steroid dienone is 1. The second-order valence-electron chi connectivity index (χ2n) is 6.28. The third-order valence-electron chi connectivity index (χ3n) is 4.12. The molecule has 1 aromatic heterocycles. The van der Waals surface area contributed by atoms with E-state index in [1.54, 1.807) is 6.20 Å². The standard InChI is InChI=1S/C22H21N3S/c1-4-17-5-7-18(8-6-17)21-14-26-22(25-21)19(12-23)13-24-20-10-15(2)9-16(3)11-20/h5-11,13-14,24H,4H2,1-3H3/b19-13+. The lowest BCUT2D eigenvalue weighted by atomic mass is 10.1. The van der Waals surface area contributed by atoms with Gasteiger partial charge in [-0.25, -0.2) is 4.98 Å². The predicted octanol–water partition coefficient (Wildman–Crippen LogP) is 5.97. The van der Waals surface area contributed by atoms with Crippen molar-refractivity contribution in [1.29, 1.82) is 5.26 Å². The summed E-state index contributed by atoms with van der Waals surface area (Å²) in [4.78, 5) is 4.64. The lowest BCUT2D eigenvalue weighted by molar-refractivity contribution is 1.14. The molecule has 0 saturated carbocycles. The fourth-order valence-electron chi connectivity index (χ4n) is 2.80. The molecule has 0 amide bonds.